The Morgan fingerprint density at radius 3 is 2.80 bits per heavy atom. The highest BCUT2D eigenvalue weighted by Gasteiger charge is 2.32. The summed E-state index contributed by atoms with van der Waals surface area (Å²) in [6.45, 7) is 4.54. The Morgan fingerprint density at radius 1 is 1.25 bits per heavy atom. The van der Waals surface area contributed by atoms with Gasteiger partial charge in [-0.05, 0) is 55.4 Å². The van der Waals surface area contributed by atoms with Crippen molar-refractivity contribution in [3.63, 3.8) is 0 Å². The predicted molar refractivity (Wildman–Crippen MR) is 79.1 cm³/mol. The van der Waals surface area contributed by atoms with Crippen LogP contribution in [0.3, 0.4) is 0 Å². The SMILES string of the molecule is CC(C)C1CCC(N)C(c2cc3cc(F)ccc3o2)C1. The molecule has 1 heterocycles. The molecule has 0 amide bonds. The first-order valence-electron chi connectivity index (χ1n) is 7.49. The van der Waals surface area contributed by atoms with Gasteiger partial charge in [-0.3, -0.25) is 0 Å². The summed E-state index contributed by atoms with van der Waals surface area (Å²) in [6.07, 6.45) is 3.31. The van der Waals surface area contributed by atoms with E-state index in [0.29, 0.717) is 11.8 Å². The molecule has 0 aliphatic heterocycles. The Labute approximate surface area is 119 Å². The van der Waals surface area contributed by atoms with Crippen LogP contribution in [0.4, 0.5) is 4.39 Å². The molecule has 20 heavy (non-hydrogen) atoms. The summed E-state index contributed by atoms with van der Waals surface area (Å²) in [7, 11) is 0. The minimum Gasteiger partial charge on any atom is -0.461 e. The first kappa shape index (κ1) is 13.6. The van der Waals surface area contributed by atoms with E-state index >= 15 is 0 Å². The molecule has 2 N–H and O–H groups in total. The zero-order chi connectivity index (χ0) is 14.3. The highest BCUT2D eigenvalue weighted by molar-refractivity contribution is 5.78. The van der Waals surface area contributed by atoms with Gasteiger partial charge in [0.15, 0.2) is 0 Å². The monoisotopic (exact) mass is 275 g/mol. The molecule has 0 saturated heterocycles. The average Bonchev–Trinajstić information content (AvgIpc) is 2.81. The van der Waals surface area contributed by atoms with Gasteiger partial charge >= 0.3 is 0 Å². The molecule has 108 valence electrons. The number of nitrogens with two attached hydrogens (primary N) is 1. The maximum absolute atomic E-state index is 13.3. The summed E-state index contributed by atoms with van der Waals surface area (Å²) in [4.78, 5) is 0. The Kier molecular flexibility index (Phi) is 3.55. The van der Waals surface area contributed by atoms with Gasteiger partial charge in [0.05, 0.1) is 0 Å². The topological polar surface area (TPSA) is 39.2 Å². The second kappa shape index (κ2) is 5.21. The molecule has 1 aromatic heterocycles. The molecule has 0 radical (unpaired) electrons. The Hall–Kier alpha value is -1.35. The summed E-state index contributed by atoms with van der Waals surface area (Å²) >= 11 is 0. The van der Waals surface area contributed by atoms with Crippen molar-refractivity contribution in [2.24, 2.45) is 17.6 Å². The third-order valence-electron chi connectivity index (χ3n) is 4.75. The van der Waals surface area contributed by atoms with E-state index in [1.807, 2.05) is 6.07 Å². The molecule has 3 atom stereocenters. The fraction of sp³-hybridized carbons (Fsp3) is 0.529. The van der Waals surface area contributed by atoms with Gasteiger partial charge < -0.3 is 10.2 Å². The van der Waals surface area contributed by atoms with E-state index in [1.165, 1.54) is 18.6 Å². The minimum absolute atomic E-state index is 0.149. The molecular formula is C17H22FNO. The van der Waals surface area contributed by atoms with Gasteiger partial charge in [-0.1, -0.05) is 13.8 Å². The second-order valence-electron chi connectivity index (χ2n) is 6.42. The predicted octanol–water partition coefficient (Wildman–Crippen LogP) is 4.44. The second-order valence-corrected chi connectivity index (χ2v) is 6.42. The maximum Gasteiger partial charge on any atom is 0.134 e. The lowest BCUT2D eigenvalue weighted by molar-refractivity contribution is 0.218. The van der Waals surface area contributed by atoms with Gasteiger partial charge in [0, 0.05) is 17.3 Å². The van der Waals surface area contributed by atoms with Gasteiger partial charge in [0.25, 0.3) is 0 Å². The van der Waals surface area contributed by atoms with Crippen molar-refractivity contribution in [2.45, 2.75) is 45.1 Å². The van der Waals surface area contributed by atoms with Crippen LogP contribution in [0, 0.1) is 17.7 Å². The summed E-state index contributed by atoms with van der Waals surface area (Å²) in [5.74, 6) is 2.32. The van der Waals surface area contributed by atoms with Crippen molar-refractivity contribution < 1.29 is 8.81 Å². The molecule has 1 fully saturated rings. The van der Waals surface area contributed by atoms with Crippen molar-refractivity contribution >= 4 is 11.0 Å². The lowest BCUT2D eigenvalue weighted by Gasteiger charge is -2.35. The molecule has 3 unspecified atom stereocenters. The van der Waals surface area contributed by atoms with E-state index in [-0.39, 0.29) is 17.8 Å². The van der Waals surface area contributed by atoms with Crippen LogP contribution in [0.25, 0.3) is 11.0 Å². The molecule has 3 rings (SSSR count). The molecule has 0 bridgehead atoms. The van der Waals surface area contributed by atoms with Crippen LogP contribution in [0.5, 0.6) is 0 Å². The summed E-state index contributed by atoms with van der Waals surface area (Å²) in [5, 5.41) is 0.832. The van der Waals surface area contributed by atoms with Gasteiger partial charge in [-0.25, -0.2) is 4.39 Å². The van der Waals surface area contributed by atoms with Crippen LogP contribution >= 0.6 is 0 Å². The number of furan rings is 1. The molecule has 1 aliphatic carbocycles. The Bertz CT molecular complexity index is 604. The highest BCUT2D eigenvalue weighted by atomic mass is 19.1. The van der Waals surface area contributed by atoms with Crippen LogP contribution in [-0.4, -0.2) is 6.04 Å². The van der Waals surface area contributed by atoms with E-state index < -0.39 is 0 Å². The molecule has 1 aliphatic rings. The van der Waals surface area contributed by atoms with Crippen LogP contribution in [-0.2, 0) is 0 Å². The standard InChI is InChI=1S/C17H22FNO/c1-10(2)11-3-5-15(19)14(8-11)17-9-12-7-13(18)4-6-16(12)20-17/h4,6-7,9-11,14-15H,3,5,8,19H2,1-2H3. The van der Waals surface area contributed by atoms with Crippen molar-refractivity contribution in [1.29, 1.82) is 0 Å². The van der Waals surface area contributed by atoms with Gasteiger partial charge in [0.1, 0.15) is 17.2 Å². The zero-order valence-electron chi connectivity index (χ0n) is 12.1. The lowest BCUT2D eigenvalue weighted by atomic mass is 9.73. The number of benzene rings is 1. The molecule has 3 heteroatoms. The number of halogens is 1. The van der Waals surface area contributed by atoms with E-state index in [0.717, 1.165) is 29.6 Å². The summed E-state index contributed by atoms with van der Waals surface area (Å²) in [6, 6.07) is 6.77. The van der Waals surface area contributed by atoms with Gasteiger partial charge in [-0.2, -0.15) is 0 Å². The highest BCUT2D eigenvalue weighted by Crippen LogP contribution is 2.40. The fourth-order valence-electron chi connectivity index (χ4n) is 3.38. The summed E-state index contributed by atoms with van der Waals surface area (Å²) < 4.78 is 19.2. The fourth-order valence-corrected chi connectivity index (χ4v) is 3.38. The number of hydrogen-bond acceptors (Lipinski definition) is 2. The maximum atomic E-state index is 13.3. The van der Waals surface area contributed by atoms with Crippen LogP contribution in [0.15, 0.2) is 28.7 Å². The normalized spacial score (nSPS) is 27.4. The average molecular weight is 275 g/mol. The molecule has 2 nitrogen and oxygen atoms in total. The smallest absolute Gasteiger partial charge is 0.134 e. The Morgan fingerprint density at radius 2 is 2.05 bits per heavy atom. The third-order valence-corrected chi connectivity index (χ3v) is 4.75. The lowest BCUT2D eigenvalue weighted by Crippen LogP contribution is -2.35. The number of hydrogen-bond donors (Lipinski definition) is 1. The first-order valence-corrected chi connectivity index (χ1v) is 7.49. The van der Waals surface area contributed by atoms with Crippen LogP contribution in [0.1, 0.15) is 44.8 Å². The molecule has 2 aromatic rings. The van der Waals surface area contributed by atoms with Crippen LogP contribution < -0.4 is 5.73 Å². The van der Waals surface area contributed by atoms with E-state index in [4.69, 9.17) is 10.2 Å². The van der Waals surface area contributed by atoms with E-state index in [2.05, 4.69) is 13.8 Å². The third kappa shape index (κ3) is 2.47. The molecule has 0 spiro atoms. The number of fused-ring (bicyclic) bond motifs is 1. The van der Waals surface area contributed by atoms with Crippen molar-refractivity contribution in [2.75, 3.05) is 0 Å². The Balaban J connectivity index is 1.92. The van der Waals surface area contributed by atoms with Crippen molar-refractivity contribution in [3.8, 4) is 0 Å². The largest absolute Gasteiger partial charge is 0.461 e. The minimum atomic E-state index is -0.224. The van der Waals surface area contributed by atoms with Crippen LogP contribution in [0.2, 0.25) is 0 Å². The van der Waals surface area contributed by atoms with E-state index in [9.17, 15) is 4.39 Å². The van der Waals surface area contributed by atoms with Crippen molar-refractivity contribution in [1.82, 2.24) is 0 Å². The molecule has 1 aromatic carbocycles. The van der Waals surface area contributed by atoms with Crippen molar-refractivity contribution in [3.05, 3.63) is 35.8 Å². The van der Waals surface area contributed by atoms with E-state index in [1.54, 1.807) is 6.07 Å². The zero-order valence-corrected chi connectivity index (χ0v) is 12.1. The molecular weight excluding hydrogens is 253 g/mol. The molecule has 1 saturated carbocycles. The first-order chi connectivity index (χ1) is 9.54. The quantitative estimate of drug-likeness (QED) is 0.880. The van der Waals surface area contributed by atoms with Gasteiger partial charge in [0.2, 0.25) is 0 Å². The van der Waals surface area contributed by atoms with Gasteiger partial charge in [-0.15, -0.1) is 0 Å². The number of rotatable bonds is 2. The summed E-state index contributed by atoms with van der Waals surface area (Å²) in [5.41, 5.74) is 7.04.